The molecule has 100 valence electrons. The van der Waals surface area contributed by atoms with Gasteiger partial charge in [0.1, 0.15) is 12.7 Å². The van der Waals surface area contributed by atoms with E-state index in [0.717, 1.165) is 23.5 Å². The molecule has 3 rings (SSSR count). The number of likely N-dealkylation sites (N-methyl/N-ethyl adjacent to an activating group) is 1. The average Bonchev–Trinajstić information content (AvgIpc) is 2.97. The Kier molecular flexibility index (Phi) is 3.42. The first-order chi connectivity index (χ1) is 9.36. The summed E-state index contributed by atoms with van der Waals surface area (Å²) in [5.41, 5.74) is 1.15. The van der Waals surface area contributed by atoms with Crippen molar-refractivity contribution in [2.45, 2.75) is 18.6 Å². The van der Waals surface area contributed by atoms with Gasteiger partial charge in [-0.1, -0.05) is 12.1 Å². The first kappa shape index (κ1) is 12.1. The minimum Gasteiger partial charge on any atom is -0.486 e. The standard InChI is InChI=1S/C15H17NO3/c1-16-12(8-11-6-7-17-9-11)15-10-18-13-4-2-3-5-14(13)19-15/h2-7,9,12,15-16H,8,10H2,1H3. The highest BCUT2D eigenvalue weighted by molar-refractivity contribution is 5.40. The second-order valence-corrected chi connectivity index (χ2v) is 4.64. The Balaban J connectivity index is 1.72. The molecule has 2 atom stereocenters. The molecule has 1 N–H and O–H groups in total. The molecule has 0 radical (unpaired) electrons. The van der Waals surface area contributed by atoms with Gasteiger partial charge in [-0.2, -0.15) is 0 Å². The van der Waals surface area contributed by atoms with Crippen molar-refractivity contribution in [3.05, 3.63) is 48.4 Å². The Hall–Kier alpha value is -1.94. The largest absolute Gasteiger partial charge is 0.486 e. The van der Waals surface area contributed by atoms with Crippen LogP contribution in [0.5, 0.6) is 11.5 Å². The molecule has 1 aromatic carbocycles. The lowest BCUT2D eigenvalue weighted by atomic mass is 10.0. The van der Waals surface area contributed by atoms with Gasteiger partial charge >= 0.3 is 0 Å². The molecule has 19 heavy (non-hydrogen) atoms. The number of para-hydroxylation sites is 2. The van der Waals surface area contributed by atoms with Crippen LogP contribution in [0.3, 0.4) is 0 Å². The molecule has 1 aromatic heterocycles. The van der Waals surface area contributed by atoms with Crippen molar-refractivity contribution in [3.8, 4) is 11.5 Å². The minimum atomic E-state index is -0.00481. The van der Waals surface area contributed by atoms with Crippen molar-refractivity contribution < 1.29 is 13.9 Å². The van der Waals surface area contributed by atoms with Crippen LogP contribution >= 0.6 is 0 Å². The molecule has 0 saturated heterocycles. The summed E-state index contributed by atoms with van der Waals surface area (Å²) in [6.45, 7) is 0.556. The summed E-state index contributed by atoms with van der Waals surface area (Å²) in [6, 6.07) is 9.92. The third-order valence-electron chi connectivity index (χ3n) is 3.39. The molecular weight excluding hydrogens is 242 g/mol. The number of furan rings is 1. The number of hydrogen-bond acceptors (Lipinski definition) is 4. The van der Waals surface area contributed by atoms with E-state index >= 15 is 0 Å². The summed E-state index contributed by atoms with van der Waals surface area (Å²) in [5, 5.41) is 3.29. The van der Waals surface area contributed by atoms with Crippen molar-refractivity contribution in [1.82, 2.24) is 5.32 Å². The first-order valence-electron chi connectivity index (χ1n) is 6.43. The SMILES string of the molecule is CNC(Cc1ccoc1)C1COc2ccccc2O1. The van der Waals surface area contributed by atoms with Gasteiger partial charge in [-0.05, 0) is 37.2 Å². The highest BCUT2D eigenvalue weighted by atomic mass is 16.6. The fourth-order valence-electron chi connectivity index (χ4n) is 2.32. The zero-order valence-electron chi connectivity index (χ0n) is 10.8. The van der Waals surface area contributed by atoms with E-state index in [1.165, 1.54) is 0 Å². The molecule has 0 fully saturated rings. The third-order valence-corrected chi connectivity index (χ3v) is 3.39. The van der Waals surface area contributed by atoms with E-state index in [1.807, 2.05) is 37.4 Å². The molecular formula is C15H17NO3. The molecule has 0 saturated carbocycles. The van der Waals surface area contributed by atoms with Crippen molar-refractivity contribution in [2.24, 2.45) is 0 Å². The molecule has 0 bridgehead atoms. The molecule has 1 aliphatic heterocycles. The predicted molar refractivity (Wildman–Crippen MR) is 71.6 cm³/mol. The van der Waals surface area contributed by atoms with E-state index in [1.54, 1.807) is 12.5 Å². The number of hydrogen-bond donors (Lipinski definition) is 1. The second kappa shape index (κ2) is 5.36. The Morgan fingerprint density at radius 1 is 1.26 bits per heavy atom. The smallest absolute Gasteiger partial charge is 0.161 e. The Morgan fingerprint density at radius 2 is 2.11 bits per heavy atom. The maximum absolute atomic E-state index is 6.02. The lowest BCUT2D eigenvalue weighted by molar-refractivity contribution is 0.0640. The molecule has 2 unspecified atom stereocenters. The summed E-state index contributed by atoms with van der Waals surface area (Å²) in [7, 11) is 1.94. The maximum Gasteiger partial charge on any atom is 0.161 e. The lowest BCUT2D eigenvalue weighted by Crippen LogP contribution is -2.47. The Bertz CT molecular complexity index is 524. The van der Waals surface area contributed by atoms with E-state index in [4.69, 9.17) is 13.9 Å². The van der Waals surface area contributed by atoms with Crippen LogP contribution in [-0.4, -0.2) is 25.8 Å². The van der Waals surface area contributed by atoms with Gasteiger partial charge in [-0.25, -0.2) is 0 Å². The third kappa shape index (κ3) is 2.58. The van der Waals surface area contributed by atoms with Crippen LogP contribution in [0.2, 0.25) is 0 Å². The van der Waals surface area contributed by atoms with Crippen molar-refractivity contribution >= 4 is 0 Å². The lowest BCUT2D eigenvalue weighted by Gasteiger charge is -2.31. The molecule has 4 heteroatoms. The summed E-state index contributed by atoms with van der Waals surface area (Å²) >= 11 is 0. The van der Waals surface area contributed by atoms with Crippen LogP contribution in [0.15, 0.2) is 47.3 Å². The van der Waals surface area contributed by atoms with E-state index in [-0.39, 0.29) is 12.1 Å². The van der Waals surface area contributed by atoms with Crippen LogP contribution in [0.25, 0.3) is 0 Å². The second-order valence-electron chi connectivity index (χ2n) is 4.64. The normalized spacial score (nSPS) is 19.1. The number of nitrogens with one attached hydrogen (secondary N) is 1. The fraction of sp³-hybridized carbons (Fsp3) is 0.333. The van der Waals surface area contributed by atoms with Crippen molar-refractivity contribution in [1.29, 1.82) is 0 Å². The summed E-state index contributed by atoms with van der Waals surface area (Å²) in [6.07, 6.45) is 4.30. The predicted octanol–water partition coefficient (Wildman–Crippen LogP) is 2.25. The molecule has 2 heterocycles. The molecule has 0 spiro atoms. The highest BCUT2D eigenvalue weighted by Gasteiger charge is 2.28. The number of rotatable bonds is 4. The highest BCUT2D eigenvalue weighted by Crippen LogP contribution is 2.31. The van der Waals surface area contributed by atoms with Gasteiger partial charge in [0.15, 0.2) is 11.5 Å². The Labute approximate surface area is 112 Å². The molecule has 4 nitrogen and oxygen atoms in total. The van der Waals surface area contributed by atoms with Crippen LogP contribution in [0.4, 0.5) is 0 Å². The van der Waals surface area contributed by atoms with Gasteiger partial charge in [0, 0.05) is 0 Å². The zero-order valence-corrected chi connectivity index (χ0v) is 10.8. The van der Waals surface area contributed by atoms with E-state index in [0.29, 0.717) is 6.61 Å². The summed E-state index contributed by atoms with van der Waals surface area (Å²) < 4.78 is 16.9. The zero-order chi connectivity index (χ0) is 13.1. The molecule has 1 aliphatic rings. The molecule has 2 aromatic rings. The molecule has 0 amide bonds. The van der Waals surface area contributed by atoms with Crippen LogP contribution in [0, 0.1) is 0 Å². The average molecular weight is 259 g/mol. The first-order valence-corrected chi connectivity index (χ1v) is 6.43. The van der Waals surface area contributed by atoms with Gasteiger partial charge in [-0.3, -0.25) is 0 Å². The van der Waals surface area contributed by atoms with E-state index in [9.17, 15) is 0 Å². The van der Waals surface area contributed by atoms with Gasteiger partial charge in [0.05, 0.1) is 18.6 Å². The monoisotopic (exact) mass is 259 g/mol. The molecule has 0 aliphatic carbocycles. The minimum absolute atomic E-state index is 0.00481. The van der Waals surface area contributed by atoms with Gasteiger partial charge in [0.25, 0.3) is 0 Å². The van der Waals surface area contributed by atoms with Gasteiger partial charge in [0.2, 0.25) is 0 Å². The number of fused-ring (bicyclic) bond motifs is 1. The van der Waals surface area contributed by atoms with E-state index < -0.39 is 0 Å². The van der Waals surface area contributed by atoms with Crippen LogP contribution in [0.1, 0.15) is 5.56 Å². The van der Waals surface area contributed by atoms with Crippen molar-refractivity contribution in [3.63, 3.8) is 0 Å². The quantitative estimate of drug-likeness (QED) is 0.914. The van der Waals surface area contributed by atoms with Gasteiger partial charge in [-0.15, -0.1) is 0 Å². The number of ether oxygens (including phenoxy) is 2. The number of benzene rings is 1. The topological polar surface area (TPSA) is 43.6 Å². The maximum atomic E-state index is 6.02. The van der Waals surface area contributed by atoms with Crippen LogP contribution in [-0.2, 0) is 6.42 Å². The fourth-order valence-corrected chi connectivity index (χ4v) is 2.32. The van der Waals surface area contributed by atoms with E-state index in [2.05, 4.69) is 5.32 Å². The van der Waals surface area contributed by atoms with Crippen LogP contribution < -0.4 is 14.8 Å². The summed E-state index contributed by atoms with van der Waals surface area (Å²) in [4.78, 5) is 0. The Morgan fingerprint density at radius 3 is 2.84 bits per heavy atom. The van der Waals surface area contributed by atoms with Gasteiger partial charge < -0.3 is 19.2 Å². The van der Waals surface area contributed by atoms with Crippen molar-refractivity contribution in [2.75, 3.05) is 13.7 Å². The summed E-state index contributed by atoms with van der Waals surface area (Å²) in [5.74, 6) is 1.63.